The summed E-state index contributed by atoms with van der Waals surface area (Å²) in [6, 6.07) is 14.5. The normalized spacial score (nSPS) is 10.8. The highest BCUT2D eigenvalue weighted by Crippen LogP contribution is 2.23. The van der Waals surface area contributed by atoms with Crippen molar-refractivity contribution in [3.63, 3.8) is 0 Å². The zero-order chi connectivity index (χ0) is 12.5. The van der Waals surface area contributed by atoms with E-state index in [0.717, 1.165) is 27.9 Å². The predicted octanol–water partition coefficient (Wildman–Crippen LogP) is 4.21. The van der Waals surface area contributed by atoms with Gasteiger partial charge < -0.3 is 0 Å². The summed E-state index contributed by atoms with van der Waals surface area (Å²) in [6.07, 6.45) is 1.82. The molecule has 0 fully saturated rings. The smallest absolute Gasteiger partial charge is 0.0921 e. The molecule has 0 saturated heterocycles. The van der Waals surface area contributed by atoms with Crippen LogP contribution in [0, 0.1) is 10.5 Å². The fourth-order valence-corrected chi connectivity index (χ4v) is 2.54. The van der Waals surface area contributed by atoms with Gasteiger partial charge in [0.15, 0.2) is 0 Å². The second-order valence-corrected chi connectivity index (χ2v) is 5.42. The maximum absolute atomic E-state index is 4.72. The van der Waals surface area contributed by atoms with Crippen LogP contribution in [0.2, 0.25) is 0 Å². The van der Waals surface area contributed by atoms with Crippen LogP contribution in [0.5, 0.6) is 0 Å². The molecule has 0 aliphatic carbocycles. The zero-order valence-electron chi connectivity index (χ0n) is 9.89. The first kappa shape index (κ1) is 11.6. The van der Waals surface area contributed by atoms with Gasteiger partial charge in [0.25, 0.3) is 0 Å². The first-order valence-electron chi connectivity index (χ1n) is 5.72. The highest BCUT2D eigenvalue weighted by atomic mass is 127. The topological polar surface area (TPSA) is 25.8 Å². The van der Waals surface area contributed by atoms with Crippen molar-refractivity contribution in [3.05, 3.63) is 57.9 Å². The lowest BCUT2D eigenvalue weighted by atomic mass is 10.1. The lowest BCUT2D eigenvalue weighted by Gasteiger charge is -2.05. The fourth-order valence-electron chi connectivity index (χ4n) is 1.99. The van der Waals surface area contributed by atoms with Gasteiger partial charge in [0.1, 0.15) is 0 Å². The molecule has 3 rings (SSSR count). The molecule has 0 spiro atoms. The molecular weight excluding hydrogens is 335 g/mol. The van der Waals surface area contributed by atoms with Gasteiger partial charge in [0.05, 0.1) is 16.9 Å². The van der Waals surface area contributed by atoms with Gasteiger partial charge in [-0.3, -0.25) is 4.98 Å². The van der Waals surface area contributed by atoms with E-state index in [2.05, 4.69) is 64.0 Å². The Hall–Kier alpha value is -1.49. The Morgan fingerprint density at radius 2 is 1.94 bits per heavy atom. The van der Waals surface area contributed by atoms with E-state index in [4.69, 9.17) is 4.98 Å². The highest BCUT2D eigenvalue weighted by Gasteiger charge is 2.04. The Kier molecular flexibility index (Phi) is 2.99. The lowest BCUT2D eigenvalue weighted by molar-refractivity contribution is 1.20. The Bertz CT molecular complexity index is 723. The Labute approximate surface area is 119 Å². The van der Waals surface area contributed by atoms with E-state index in [0.29, 0.717) is 0 Å². The van der Waals surface area contributed by atoms with Gasteiger partial charge in [-0.05, 0) is 53.8 Å². The molecule has 2 aromatic heterocycles. The summed E-state index contributed by atoms with van der Waals surface area (Å²) in [5.41, 5.74) is 4.10. The van der Waals surface area contributed by atoms with Crippen LogP contribution in [-0.4, -0.2) is 9.97 Å². The molecule has 0 radical (unpaired) electrons. The van der Waals surface area contributed by atoms with Crippen molar-refractivity contribution in [2.75, 3.05) is 0 Å². The van der Waals surface area contributed by atoms with Crippen LogP contribution < -0.4 is 0 Å². The monoisotopic (exact) mass is 346 g/mol. The lowest BCUT2D eigenvalue weighted by Crippen LogP contribution is -1.90. The number of halogens is 1. The van der Waals surface area contributed by atoms with Gasteiger partial charge in [0, 0.05) is 20.7 Å². The number of aromatic nitrogens is 2. The number of hydrogen-bond donors (Lipinski definition) is 0. The molecule has 0 unspecified atom stereocenters. The maximum atomic E-state index is 4.72. The zero-order valence-corrected chi connectivity index (χ0v) is 12.0. The van der Waals surface area contributed by atoms with Crippen molar-refractivity contribution < 1.29 is 0 Å². The van der Waals surface area contributed by atoms with Crippen LogP contribution in [0.25, 0.3) is 22.2 Å². The molecule has 2 nitrogen and oxygen atoms in total. The molecule has 88 valence electrons. The van der Waals surface area contributed by atoms with Gasteiger partial charge in [0.2, 0.25) is 0 Å². The van der Waals surface area contributed by atoms with Crippen molar-refractivity contribution in [3.8, 4) is 11.3 Å². The molecule has 0 atom stereocenters. The minimum atomic E-state index is 0.972. The minimum Gasteiger partial charge on any atom is -0.259 e. The third-order valence-electron chi connectivity index (χ3n) is 2.91. The summed E-state index contributed by atoms with van der Waals surface area (Å²) in [7, 11) is 0. The van der Waals surface area contributed by atoms with E-state index < -0.39 is 0 Å². The molecule has 2 heterocycles. The van der Waals surface area contributed by atoms with Crippen LogP contribution in [-0.2, 0) is 0 Å². The average molecular weight is 346 g/mol. The van der Waals surface area contributed by atoms with Gasteiger partial charge >= 0.3 is 0 Å². The number of pyridine rings is 2. The molecule has 0 amide bonds. The summed E-state index contributed by atoms with van der Waals surface area (Å²) in [4.78, 5) is 9.02. The fraction of sp³-hybridized carbons (Fsp3) is 0.0667. The summed E-state index contributed by atoms with van der Waals surface area (Å²) < 4.78 is 1.22. The van der Waals surface area contributed by atoms with E-state index in [1.54, 1.807) is 0 Å². The number of nitrogens with zero attached hydrogens (tertiary/aromatic N) is 2. The van der Waals surface area contributed by atoms with Crippen LogP contribution in [0.4, 0.5) is 0 Å². The van der Waals surface area contributed by atoms with E-state index in [1.165, 1.54) is 3.57 Å². The van der Waals surface area contributed by atoms with E-state index in [1.807, 2.05) is 19.2 Å². The van der Waals surface area contributed by atoms with Crippen molar-refractivity contribution in [1.29, 1.82) is 0 Å². The number of benzene rings is 1. The third-order valence-corrected chi connectivity index (χ3v) is 3.58. The second-order valence-electron chi connectivity index (χ2n) is 4.17. The largest absolute Gasteiger partial charge is 0.259 e. The standard InChI is InChI=1S/C15H11IN2/c1-10-15-11(7-8-17-10)5-6-14(18-15)12-3-2-4-13(16)9-12/h2-9H,1H3. The van der Waals surface area contributed by atoms with Crippen molar-refractivity contribution in [2.45, 2.75) is 6.92 Å². The molecule has 0 aliphatic heterocycles. The number of rotatable bonds is 1. The Morgan fingerprint density at radius 1 is 1.06 bits per heavy atom. The summed E-state index contributed by atoms with van der Waals surface area (Å²) in [5, 5.41) is 1.14. The average Bonchev–Trinajstić information content (AvgIpc) is 2.39. The van der Waals surface area contributed by atoms with Crippen molar-refractivity contribution in [1.82, 2.24) is 9.97 Å². The van der Waals surface area contributed by atoms with Crippen LogP contribution >= 0.6 is 22.6 Å². The summed E-state index contributed by atoms with van der Waals surface area (Å²) in [5.74, 6) is 0. The molecule has 0 bridgehead atoms. The molecule has 1 aromatic carbocycles. The van der Waals surface area contributed by atoms with Crippen LogP contribution in [0.1, 0.15) is 5.69 Å². The maximum Gasteiger partial charge on any atom is 0.0921 e. The van der Waals surface area contributed by atoms with Crippen LogP contribution in [0.15, 0.2) is 48.7 Å². The summed E-state index contributed by atoms with van der Waals surface area (Å²) >= 11 is 2.32. The second kappa shape index (κ2) is 4.65. The van der Waals surface area contributed by atoms with E-state index in [9.17, 15) is 0 Å². The molecule has 3 heteroatoms. The van der Waals surface area contributed by atoms with Crippen molar-refractivity contribution >= 4 is 33.5 Å². The first-order chi connectivity index (χ1) is 8.74. The molecule has 18 heavy (non-hydrogen) atoms. The molecule has 0 saturated carbocycles. The SMILES string of the molecule is Cc1nccc2ccc(-c3cccc(I)c3)nc12. The number of aryl methyl sites for hydroxylation is 1. The Morgan fingerprint density at radius 3 is 2.78 bits per heavy atom. The molecule has 0 aliphatic rings. The van der Waals surface area contributed by atoms with Gasteiger partial charge in [-0.15, -0.1) is 0 Å². The van der Waals surface area contributed by atoms with Gasteiger partial charge in [-0.1, -0.05) is 18.2 Å². The number of hydrogen-bond acceptors (Lipinski definition) is 2. The molecular formula is C15H11IN2. The highest BCUT2D eigenvalue weighted by molar-refractivity contribution is 14.1. The van der Waals surface area contributed by atoms with Gasteiger partial charge in [-0.25, -0.2) is 4.98 Å². The van der Waals surface area contributed by atoms with Gasteiger partial charge in [-0.2, -0.15) is 0 Å². The number of fused-ring (bicyclic) bond motifs is 1. The first-order valence-corrected chi connectivity index (χ1v) is 6.80. The Balaban J connectivity index is 2.22. The predicted molar refractivity (Wildman–Crippen MR) is 82.4 cm³/mol. The quantitative estimate of drug-likeness (QED) is 0.617. The van der Waals surface area contributed by atoms with E-state index in [-0.39, 0.29) is 0 Å². The van der Waals surface area contributed by atoms with E-state index >= 15 is 0 Å². The third kappa shape index (κ3) is 2.10. The molecule has 3 aromatic rings. The molecule has 0 N–H and O–H groups in total. The van der Waals surface area contributed by atoms with Crippen molar-refractivity contribution in [2.24, 2.45) is 0 Å². The summed E-state index contributed by atoms with van der Waals surface area (Å²) in [6.45, 7) is 1.99. The van der Waals surface area contributed by atoms with Crippen LogP contribution in [0.3, 0.4) is 0 Å². The minimum absolute atomic E-state index is 0.972.